The smallest absolute Gasteiger partial charge is 0.295 e. The lowest BCUT2D eigenvalue weighted by Crippen LogP contribution is -2.23. The van der Waals surface area contributed by atoms with E-state index >= 15 is 0 Å². The summed E-state index contributed by atoms with van der Waals surface area (Å²) in [6, 6.07) is 25.9. The first-order valence-corrected chi connectivity index (χ1v) is 8.92. The Kier molecular flexibility index (Phi) is 4.35. The van der Waals surface area contributed by atoms with Crippen LogP contribution in [0.1, 0.15) is 11.1 Å². The minimum absolute atomic E-state index is 0.0216. The summed E-state index contributed by atoms with van der Waals surface area (Å²) >= 11 is 0. The van der Waals surface area contributed by atoms with Crippen LogP contribution in [-0.2, 0) is 20.0 Å². The molecule has 0 radical (unpaired) electrons. The average Bonchev–Trinajstić information content (AvgIpc) is 2.97. The van der Waals surface area contributed by atoms with Crippen LogP contribution in [0.25, 0.3) is 22.2 Å². The van der Waals surface area contributed by atoms with Gasteiger partial charge in [-0.25, -0.2) is 4.79 Å². The fourth-order valence-electron chi connectivity index (χ4n) is 3.51. The number of benzene rings is 3. The second kappa shape index (κ2) is 6.97. The quantitative estimate of drug-likeness (QED) is 0.554. The van der Waals surface area contributed by atoms with Gasteiger partial charge in [-0.05, 0) is 41.3 Å². The van der Waals surface area contributed by atoms with Gasteiger partial charge in [-0.3, -0.25) is 9.13 Å². The molecule has 0 N–H and O–H groups in total. The Bertz CT molecular complexity index is 1210. The van der Waals surface area contributed by atoms with Gasteiger partial charge in [0.25, 0.3) is 0 Å². The van der Waals surface area contributed by atoms with Crippen LogP contribution in [0.15, 0.2) is 77.6 Å². The van der Waals surface area contributed by atoms with Crippen LogP contribution < -0.4 is 5.69 Å². The molecule has 0 bridgehead atoms. The summed E-state index contributed by atoms with van der Waals surface area (Å²) in [5, 5.41) is 9.36. The van der Waals surface area contributed by atoms with Crippen LogP contribution in [0.2, 0.25) is 0 Å². The number of hydrogen-bond donors (Lipinski definition) is 0. The second-order valence-electron chi connectivity index (χ2n) is 6.59. The summed E-state index contributed by atoms with van der Waals surface area (Å²) in [6.45, 7) is 0.633. The Morgan fingerprint density at radius 3 is 2.44 bits per heavy atom. The predicted molar refractivity (Wildman–Crippen MR) is 107 cm³/mol. The molecule has 27 heavy (non-hydrogen) atoms. The lowest BCUT2D eigenvalue weighted by molar-refractivity contribution is 0.666. The predicted octanol–water partition coefficient (Wildman–Crippen LogP) is 4.12. The first-order chi connectivity index (χ1) is 13.2. The Morgan fingerprint density at radius 2 is 1.67 bits per heavy atom. The molecule has 3 aromatic carbocycles. The van der Waals surface area contributed by atoms with Crippen LogP contribution in [0, 0.1) is 11.3 Å². The molecule has 4 nitrogen and oxygen atoms in total. The minimum Gasteiger partial charge on any atom is -0.295 e. The second-order valence-corrected chi connectivity index (χ2v) is 6.59. The van der Waals surface area contributed by atoms with Gasteiger partial charge >= 0.3 is 5.69 Å². The number of nitrogens with zero attached hydrogens (tertiary/aromatic N) is 3. The average molecular weight is 353 g/mol. The van der Waals surface area contributed by atoms with E-state index in [4.69, 9.17) is 0 Å². The molecule has 0 unspecified atom stereocenters. The maximum Gasteiger partial charge on any atom is 0.328 e. The van der Waals surface area contributed by atoms with Crippen molar-refractivity contribution in [3.05, 3.63) is 94.4 Å². The van der Waals surface area contributed by atoms with Crippen molar-refractivity contribution in [1.82, 2.24) is 9.13 Å². The van der Waals surface area contributed by atoms with E-state index in [0.29, 0.717) is 12.1 Å². The van der Waals surface area contributed by atoms with Crippen molar-refractivity contribution in [1.29, 1.82) is 5.26 Å². The van der Waals surface area contributed by atoms with Crippen molar-refractivity contribution in [2.75, 3.05) is 0 Å². The van der Waals surface area contributed by atoms with Gasteiger partial charge < -0.3 is 0 Å². The summed E-state index contributed by atoms with van der Waals surface area (Å²) in [5.41, 5.74) is 5.43. The van der Waals surface area contributed by atoms with Gasteiger partial charge in [0, 0.05) is 13.6 Å². The first-order valence-electron chi connectivity index (χ1n) is 8.92. The van der Waals surface area contributed by atoms with Crippen molar-refractivity contribution in [3.8, 4) is 17.2 Å². The fourth-order valence-corrected chi connectivity index (χ4v) is 3.51. The molecule has 1 aromatic heterocycles. The topological polar surface area (TPSA) is 50.7 Å². The number of aryl methyl sites for hydroxylation is 3. The van der Waals surface area contributed by atoms with Gasteiger partial charge in [-0.15, -0.1) is 0 Å². The van der Waals surface area contributed by atoms with Crippen molar-refractivity contribution >= 4 is 11.0 Å². The van der Waals surface area contributed by atoms with E-state index in [1.807, 2.05) is 65.2 Å². The largest absolute Gasteiger partial charge is 0.328 e. The molecule has 4 aromatic rings. The molecule has 0 amide bonds. The molecule has 0 spiro atoms. The Hall–Kier alpha value is -3.58. The molecular weight excluding hydrogens is 334 g/mol. The van der Waals surface area contributed by atoms with Crippen LogP contribution >= 0.6 is 0 Å². The van der Waals surface area contributed by atoms with Crippen LogP contribution in [-0.4, -0.2) is 9.13 Å². The van der Waals surface area contributed by atoms with E-state index in [1.165, 1.54) is 5.56 Å². The number of imidazole rings is 1. The SMILES string of the molecule is Cn1c(=O)n(CCc2ccccc2)c2ccc(-c3ccccc3C#N)cc21. The van der Waals surface area contributed by atoms with Gasteiger partial charge in [0.05, 0.1) is 22.7 Å². The third-order valence-corrected chi connectivity index (χ3v) is 4.97. The lowest BCUT2D eigenvalue weighted by Gasteiger charge is -2.06. The van der Waals surface area contributed by atoms with Gasteiger partial charge in [-0.1, -0.05) is 54.6 Å². The zero-order chi connectivity index (χ0) is 18.8. The zero-order valence-corrected chi connectivity index (χ0v) is 15.1. The molecule has 0 aliphatic rings. The summed E-state index contributed by atoms with van der Waals surface area (Å²) in [5.74, 6) is 0. The molecule has 0 atom stereocenters. The van der Waals surface area contributed by atoms with E-state index in [9.17, 15) is 10.1 Å². The highest BCUT2D eigenvalue weighted by atomic mass is 16.1. The van der Waals surface area contributed by atoms with Crippen LogP contribution in [0.3, 0.4) is 0 Å². The highest BCUT2D eigenvalue weighted by Gasteiger charge is 2.13. The van der Waals surface area contributed by atoms with E-state index in [-0.39, 0.29) is 5.69 Å². The Balaban J connectivity index is 1.77. The molecular formula is C23H19N3O. The third-order valence-electron chi connectivity index (χ3n) is 4.97. The normalized spacial score (nSPS) is 10.8. The van der Waals surface area contributed by atoms with Crippen molar-refractivity contribution in [2.24, 2.45) is 7.05 Å². The molecule has 0 saturated carbocycles. The van der Waals surface area contributed by atoms with Crippen molar-refractivity contribution in [2.45, 2.75) is 13.0 Å². The lowest BCUT2D eigenvalue weighted by atomic mass is 10.00. The first kappa shape index (κ1) is 16.9. The summed E-state index contributed by atoms with van der Waals surface area (Å²) in [7, 11) is 1.80. The van der Waals surface area contributed by atoms with E-state index in [0.717, 1.165) is 28.6 Å². The molecule has 132 valence electrons. The van der Waals surface area contributed by atoms with Gasteiger partial charge in [-0.2, -0.15) is 5.26 Å². The number of nitriles is 1. The van der Waals surface area contributed by atoms with Crippen molar-refractivity contribution < 1.29 is 0 Å². The Morgan fingerprint density at radius 1 is 0.926 bits per heavy atom. The monoisotopic (exact) mass is 353 g/mol. The molecule has 4 heteroatoms. The maximum absolute atomic E-state index is 12.8. The highest BCUT2D eigenvalue weighted by Crippen LogP contribution is 2.26. The van der Waals surface area contributed by atoms with Crippen LogP contribution in [0.5, 0.6) is 0 Å². The highest BCUT2D eigenvalue weighted by molar-refractivity contribution is 5.84. The number of fused-ring (bicyclic) bond motifs is 1. The van der Waals surface area contributed by atoms with Crippen LogP contribution in [0.4, 0.5) is 0 Å². The Labute approximate surface area is 157 Å². The van der Waals surface area contributed by atoms with Crippen molar-refractivity contribution in [3.63, 3.8) is 0 Å². The molecule has 0 aliphatic heterocycles. The molecule has 0 aliphatic carbocycles. The van der Waals surface area contributed by atoms with E-state index < -0.39 is 0 Å². The number of aromatic nitrogens is 2. The summed E-state index contributed by atoms with van der Waals surface area (Å²) < 4.78 is 3.50. The number of rotatable bonds is 4. The van der Waals surface area contributed by atoms with Gasteiger partial charge in [0.2, 0.25) is 0 Å². The number of hydrogen-bond acceptors (Lipinski definition) is 2. The van der Waals surface area contributed by atoms with E-state index in [2.05, 4.69) is 18.2 Å². The molecule has 1 heterocycles. The summed E-state index contributed by atoms with van der Waals surface area (Å²) in [4.78, 5) is 12.8. The molecule has 0 fully saturated rings. The standard InChI is InChI=1S/C23H19N3O/c1-25-22-15-18(20-10-6-5-9-19(20)16-24)11-12-21(22)26(23(25)27)14-13-17-7-3-2-4-8-17/h2-12,15H,13-14H2,1H3. The van der Waals surface area contributed by atoms with Gasteiger partial charge in [0.15, 0.2) is 0 Å². The minimum atomic E-state index is -0.0216. The fraction of sp³-hybridized carbons (Fsp3) is 0.130. The third kappa shape index (κ3) is 3.04. The molecule has 4 rings (SSSR count). The molecule has 0 saturated heterocycles. The summed E-state index contributed by atoms with van der Waals surface area (Å²) in [6.07, 6.45) is 0.804. The van der Waals surface area contributed by atoms with E-state index in [1.54, 1.807) is 11.6 Å². The zero-order valence-electron chi connectivity index (χ0n) is 15.1. The van der Waals surface area contributed by atoms with Gasteiger partial charge in [0.1, 0.15) is 0 Å². The maximum atomic E-state index is 12.8.